The van der Waals surface area contributed by atoms with Crippen molar-refractivity contribution in [2.75, 3.05) is 0 Å². The second-order valence-electron chi connectivity index (χ2n) is 4.72. The number of rotatable bonds is 5. The van der Waals surface area contributed by atoms with Crippen molar-refractivity contribution in [3.8, 4) is 11.4 Å². The van der Waals surface area contributed by atoms with Crippen molar-refractivity contribution in [2.45, 2.75) is 19.9 Å². The van der Waals surface area contributed by atoms with Crippen LogP contribution in [0.5, 0.6) is 0 Å². The zero-order chi connectivity index (χ0) is 14.8. The molecule has 0 spiro atoms. The zero-order valence-corrected chi connectivity index (χ0v) is 11.3. The minimum absolute atomic E-state index is 0.424. The molecule has 0 aliphatic carbocycles. The van der Waals surface area contributed by atoms with Gasteiger partial charge in [-0.3, -0.25) is 9.78 Å². The van der Waals surface area contributed by atoms with E-state index in [0.717, 1.165) is 11.1 Å². The average Bonchev–Trinajstić information content (AvgIpc) is 3.10. The van der Waals surface area contributed by atoms with E-state index in [-0.39, 0.29) is 0 Å². The van der Waals surface area contributed by atoms with Crippen molar-refractivity contribution in [3.63, 3.8) is 0 Å². The maximum atomic E-state index is 10.9. The van der Waals surface area contributed by atoms with E-state index in [0.29, 0.717) is 18.8 Å². The molecule has 0 bridgehead atoms. The standard InChI is InChI=1S/C12H13N7O2/c1-8(12(20)21)2-4-19-11(15-16-17-19)9-6-14-18-5-3-13-7-10(9)18/h3,5-8H,2,4H2,1H3,(H,20,21). The third-order valence-electron chi connectivity index (χ3n) is 3.29. The Kier molecular flexibility index (Phi) is 3.30. The molecule has 0 fully saturated rings. The van der Waals surface area contributed by atoms with Gasteiger partial charge in [-0.25, -0.2) is 9.20 Å². The lowest BCUT2D eigenvalue weighted by molar-refractivity contribution is -0.141. The van der Waals surface area contributed by atoms with Gasteiger partial charge in [-0.2, -0.15) is 5.10 Å². The number of carboxylic acids is 1. The summed E-state index contributed by atoms with van der Waals surface area (Å²) in [6.45, 7) is 2.08. The summed E-state index contributed by atoms with van der Waals surface area (Å²) in [5.74, 6) is -0.729. The summed E-state index contributed by atoms with van der Waals surface area (Å²) in [4.78, 5) is 14.9. The van der Waals surface area contributed by atoms with E-state index < -0.39 is 11.9 Å². The van der Waals surface area contributed by atoms with Gasteiger partial charge < -0.3 is 5.11 Å². The van der Waals surface area contributed by atoms with Gasteiger partial charge in [0.05, 0.1) is 29.4 Å². The van der Waals surface area contributed by atoms with Gasteiger partial charge in [0, 0.05) is 18.9 Å². The van der Waals surface area contributed by atoms with E-state index in [9.17, 15) is 4.79 Å². The lowest BCUT2D eigenvalue weighted by Gasteiger charge is -2.06. The molecule has 1 unspecified atom stereocenters. The van der Waals surface area contributed by atoms with Crippen LogP contribution >= 0.6 is 0 Å². The molecule has 0 aromatic carbocycles. The SMILES string of the molecule is CC(CCn1nnnc1-c1cnn2ccncc12)C(=O)O. The number of carboxylic acid groups (broad SMARTS) is 1. The first-order valence-corrected chi connectivity index (χ1v) is 6.43. The summed E-state index contributed by atoms with van der Waals surface area (Å²) in [6, 6.07) is 0. The van der Waals surface area contributed by atoms with Crippen LogP contribution < -0.4 is 0 Å². The normalized spacial score (nSPS) is 12.6. The lowest BCUT2D eigenvalue weighted by Crippen LogP contribution is -2.13. The summed E-state index contributed by atoms with van der Waals surface area (Å²) < 4.78 is 3.27. The van der Waals surface area contributed by atoms with Crippen LogP contribution in [0.25, 0.3) is 16.9 Å². The molecule has 0 saturated heterocycles. The number of aryl methyl sites for hydroxylation is 1. The molecule has 0 amide bonds. The average molecular weight is 287 g/mol. The summed E-state index contributed by atoms with van der Waals surface area (Å²) >= 11 is 0. The minimum atomic E-state index is -0.829. The Bertz CT molecular complexity index is 779. The molecule has 3 aromatic rings. The zero-order valence-electron chi connectivity index (χ0n) is 11.3. The van der Waals surface area contributed by atoms with Crippen molar-refractivity contribution in [1.82, 2.24) is 34.8 Å². The molecule has 3 aromatic heterocycles. The highest BCUT2D eigenvalue weighted by molar-refractivity contribution is 5.74. The van der Waals surface area contributed by atoms with Crippen LogP contribution in [0.2, 0.25) is 0 Å². The molecule has 21 heavy (non-hydrogen) atoms. The third kappa shape index (κ3) is 2.45. The number of hydrogen-bond donors (Lipinski definition) is 1. The fraction of sp³-hybridized carbons (Fsp3) is 0.333. The van der Waals surface area contributed by atoms with Crippen molar-refractivity contribution >= 4 is 11.5 Å². The number of aliphatic carboxylic acids is 1. The molecule has 1 N–H and O–H groups in total. The van der Waals surface area contributed by atoms with Crippen molar-refractivity contribution in [1.29, 1.82) is 0 Å². The maximum absolute atomic E-state index is 10.9. The number of carbonyl (C=O) groups is 1. The van der Waals surface area contributed by atoms with Crippen LogP contribution in [0.3, 0.4) is 0 Å². The highest BCUT2D eigenvalue weighted by Gasteiger charge is 2.16. The first kappa shape index (κ1) is 13.2. The molecule has 9 heteroatoms. The molecule has 1 atom stereocenters. The van der Waals surface area contributed by atoms with Gasteiger partial charge in [0.25, 0.3) is 0 Å². The Hall–Kier alpha value is -2.84. The number of aromatic nitrogens is 7. The smallest absolute Gasteiger partial charge is 0.306 e. The monoisotopic (exact) mass is 287 g/mol. The highest BCUT2D eigenvalue weighted by atomic mass is 16.4. The lowest BCUT2D eigenvalue weighted by atomic mass is 10.1. The predicted molar refractivity (Wildman–Crippen MR) is 71.2 cm³/mol. The summed E-state index contributed by atoms with van der Waals surface area (Å²) in [6.07, 6.45) is 7.17. The van der Waals surface area contributed by atoms with Crippen LogP contribution in [0.4, 0.5) is 0 Å². The van der Waals surface area contributed by atoms with E-state index >= 15 is 0 Å². The second-order valence-corrected chi connectivity index (χ2v) is 4.72. The van der Waals surface area contributed by atoms with E-state index in [4.69, 9.17) is 5.11 Å². The Labute approximate surface area is 119 Å². The molecule has 3 heterocycles. The highest BCUT2D eigenvalue weighted by Crippen LogP contribution is 2.21. The van der Waals surface area contributed by atoms with E-state index in [2.05, 4.69) is 25.6 Å². The quantitative estimate of drug-likeness (QED) is 0.727. The predicted octanol–water partition coefficient (Wildman–Crippen LogP) is 0.494. The van der Waals surface area contributed by atoms with Gasteiger partial charge in [-0.1, -0.05) is 6.92 Å². The summed E-state index contributed by atoms with van der Waals surface area (Å²) in [5, 5.41) is 24.7. The number of tetrazole rings is 1. The number of hydrogen-bond acceptors (Lipinski definition) is 6. The van der Waals surface area contributed by atoms with Crippen LogP contribution in [-0.4, -0.2) is 45.9 Å². The summed E-state index contributed by atoms with van der Waals surface area (Å²) in [7, 11) is 0. The molecule has 0 aliphatic heterocycles. The Balaban J connectivity index is 1.90. The van der Waals surface area contributed by atoms with Gasteiger partial charge in [-0.05, 0) is 16.8 Å². The number of fused-ring (bicyclic) bond motifs is 1. The minimum Gasteiger partial charge on any atom is -0.481 e. The van der Waals surface area contributed by atoms with Crippen LogP contribution in [-0.2, 0) is 11.3 Å². The Morgan fingerprint density at radius 1 is 1.43 bits per heavy atom. The largest absolute Gasteiger partial charge is 0.481 e. The molecule has 108 valence electrons. The number of nitrogens with zero attached hydrogens (tertiary/aromatic N) is 7. The molecule has 0 radical (unpaired) electrons. The van der Waals surface area contributed by atoms with Crippen LogP contribution in [0.1, 0.15) is 13.3 Å². The fourth-order valence-corrected chi connectivity index (χ4v) is 1.99. The molecule has 0 aliphatic rings. The van der Waals surface area contributed by atoms with Gasteiger partial charge in [0.1, 0.15) is 0 Å². The Morgan fingerprint density at radius 3 is 3.10 bits per heavy atom. The van der Waals surface area contributed by atoms with Crippen LogP contribution in [0, 0.1) is 5.92 Å². The van der Waals surface area contributed by atoms with E-state index in [1.807, 2.05) is 0 Å². The van der Waals surface area contributed by atoms with Crippen molar-refractivity contribution in [2.24, 2.45) is 5.92 Å². The molecular weight excluding hydrogens is 274 g/mol. The van der Waals surface area contributed by atoms with Gasteiger partial charge in [0.2, 0.25) is 0 Å². The van der Waals surface area contributed by atoms with Gasteiger partial charge in [0.15, 0.2) is 5.82 Å². The third-order valence-corrected chi connectivity index (χ3v) is 3.29. The topological polar surface area (TPSA) is 111 Å². The summed E-state index contributed by atoms with van der Waals surface area (Å²) in [5.41, 5.74) is 1.55. The van der Waals surface area contributed by atoms with Gasteiger partial charge >= 0.3 is 5.97 Å². The van der Waals surface area contributed by atoms with Crippen LogP contribution in [0.15, 0.2) is 24.8 Å². The van der Waals surface area contributed by atoms with E-state index in [1.165, 1.54) is 0 Å². The van der Waals surface area contributed by atoms with E-state index in [1.54, 1.807) is 40.9 Å². The molecule has 0 saturated carbocycles. The molecule has 9 nitrogen and oxygen atoms in total. The molecular formula is C12H13N7O2. The Morgan fingerprint density at radius 2 is 2.29 bits per heavy atom. The first-order chi connectivity index (χ1) is 10.2. The van der Waals surface area contributed by atoms with Crippen molar-refractivity contribution in [3.05, 3.63) is 24.8 Å². The fourth-order valence-electron chi connectivity index (χ4n) is 1.99. The first-order valence-electron chi connectivity index (χ1n) is 6.43. The molecule has 3 rings (SSSR count). The van der Waals surface area contributed by atoms with Crippen molar-refractivity contribution < 1.29 is 9.90 Å². The second kappa shape index (κ2) is 5.27. The van der Waals surface area contributed by atoms with Gasteiger partial charge in [-0.15, -0.1) is 5.10 Å². The maximum Gasteiger partial charge on any atom is 0.306 e.